The van der Waals surface area contributed by atoms with Gasteiger partial charge in [0.15, 0.2) is 5.78 Å². The van der Waals surface area contributed by atoms with Crippen molar-refractivity contribution >= 4 is 29.6 Å². The van der Waals surface area contributed by atoms with Crippen LogP contribution in [-0.2, 0) is 28.0 Å². The molecule has 0 bridgehead atoms. The summed E-state index contributed by atoms with van der Waals surface area (Å²) in [5.41, 5.74) is 1.81. The highest BCUT2D eigenvalue weighted by molar-refractivity contribution is 6.07. The molecule has 1 heterocycles. The second-order valence-electron chi connectivity index (χ2n) is 10.6. The summed E-state index contributed by atoms with van der Waals surface area (Å²) in [6.45, 7) is 6.81. The maximum Gasteiger partial charge on any atom is 0.410 e. The molecular weight excluding hydrogens is 532 g/mol. The van der Waals surface area contributed by atoms with Gasteiger partial charge in [-0.1, -0.05) is 20.8 Å². The molecule has 4 N–H and O–H groups in total. The molecule has 0 fully saturated rings. The Labute approximate surface area is 238 Å². The number of aromatic hydroxyl groups is 1. The first kappa shape index (κ1) is 30.9. The number of aliphatic carboxylic acids is 1. The highest BCUT2D eigenvalue weighted by atomic mass is 16.5. The number of nitrogens with zero attached hydrogens (tertiary/aromatic N) is 2. The van der Waals surface area contributed by atoms with E-state index in [0.29, 0.717) is 29.0 Å². The van der Waals surface area contributed by atoms with Gasteiger partial charge in [0.05, 0.1) is 32.4 Å². The Bertz CT molecular complexity index is 1400. The van der Waals surface area contributed by atoms with Crippen LogP contribution >= 0.6 is 0 Å². The average molecular weight is 569 g/mol. The van der Waals surface area contributed by atoms with Crippen LogP contribution in [0.1, 0.15) is 70.7 Å². The van der Waals surface area contributed by atoms with Crippen molar-refractivity contribution in [2.75, 3.05) is 33.9 Å². The fourth-order valence-electron chi connectivity index (χ4n) is 4.65. The highest BCUT2D eigenvalue weighted by Gasteiger charge is 2.31. The Hall–Kier alpha value is -4.61. The molecule has 1 aliphatic heterocycles. The molecule has 0 aromatic heterocycles. The number of benzene rings is 2. The van der Waals surface area contributed by atoms with E-state index in [0.717, 1.165) is 17.6 Å². The van der Waals surface area contributed by atoms with Gasteiger partial charge in [-0.3, -0.25) is 24.7 Å². The lowest BCUT2D eigenvalue weighted by Crippen LogP contribution is -2.35. The van der Waals surface area contributed by atoms with Crippen molar-refractivity contribution < 1.29 is 38.9 Å². The van der Waals surface area contributed by atoms with Crippen molar-refractivity contribution in [2.45, 2.75) is 46.2 Å². The monoisotopic (exact) mass is 568 g/mol. The first-order valence-corrected chi connectivity index (χ1v) is 13.0. The summed E-state index contributed by atoms with van der Waals surface area (Å²) in [6, 6.07) is 6.30. The Morgan fingerprint density at radius 1 is 1.15 bits per heavy atom. The Balaban J connectivity index is 1.96. The van der Waals surface area contributed by atoms with E-state index in [1.54, 1.807) is 30.0 Å². The number of carboxylic acid groups (broad SMARTS) is 1. The van der Waals surface area contributed by atoms with Crippen molar-refractivity contribution in [1.29, 1.82) is 5.41 Å². The van der Waals surface area contributed by atoms with Crippen LogP contribution in [0, 0.1) is 5.41 Å². The van der Waals surface area contributed by atoms with Crippen LogP contribution in [0.4, 0.5) is 4.79 Å². The number of amidine groups is 1. The summed E-state index contributed by atoms with van der Waals surface area (Å²) in [7, 11) is 2.63. The number of Topliss-reactive ketones (excluding diaryl/α,β-unsaturated/α-hetero) is 1. The van der Waals surface area contributed by atoms with E-state index in [1.165, 1.54) is 13.1 Å². The normalized spacial score (nSPS) is 12.5. The minimum Gasteiger partial charge on any atom is -0.507 e. The zero-order valence-corrected chi connectivity index (χ0v) is 24.1. The van der Waals surface area contributed by atoms with Crippen LogP contribution in [0.15, 0.2) is 24.3 Å². The van der Waals surface area contributed by atoms with Crippen molar-refractivity contribution in [3.8, 4) is 11.5 Å². The van der Waals surface area contributed by atoms with Gasteiger partial charge in [0.25, 0.3) is 5.91 Å². The third kappa shape index (κ3) is 6.76. The van der Waals surface area contributed by atoms with Gasteiger partial charge in [0, 0.05) is 35.8 Å². The van der Waals surface area contributed by atoms with Crippen LogP contribution in [0.3, 0.4) is 0 Å². The van der Waals surface area contributed by atoms with E-state index >= 15 is 0 Å². The maximum atomic E-state index is 13.6. The molecule has 12 nitrogen and oxygen atoms in total. The molecule has 2 aromatic rings. The smallest absolute Gasteiger partial charge is 0.410 e. The molecule has 1 aliphatic rings. The zero-order chi connectivity index (χ0) is 30.6. The second-order valence-corrected chi connectivity index (χ2v) is 10.6. The number of fused-ring (bicyclic) bond motifs is 1. The topological polar surface area (TPSA) is 170 Å². The predicted octanol–water partition coefficient (Wildman–Crippen LogP) is 3.12. The van der Waals surface area contributed by atoms with E-state index in [9.17, 15) is 29.4 Å². The quantitative estimate of drug-likeness (QED) is 0.315. The number of methoxy groups -OCH3 is 1. The van der Waals surface area contributed by atoms with Gasteiger partial charge in [-0.15, -0.1) is 0 Å². The number of carbonyl (C=O) groups excluding carboxylic acids is 3. The Morgan fingerprint density at radius 3 is 2.39 bits per heavy atom. The Kier molecular flexibility index (Phi) is 9.26. The van der Waals surface area contributed by atoms with Crippen LogP contribution in [0.2, 0.25) is 0 Å². The van der Waals surface area contributed by atoms with E-state index in [2.05, 4.69) is 5.32 Å². The molecule has 0 spiro atoms. The first-order chi connectivity index (χ1) is 19.2. The van der Waals surface area contributed by atoms with Gasteiger partial charge >= 0.3 is 12.1 Å². The largest absolute Gasteiger partial charge is 0.507 e. The molecule has 0 unspecified atom stereocenters. The minimum absolute atomic E-state index is 0.0786. The molecule has 3 rings (SSSR count). The van der Waals surface area contributed by atoms with Crippen molar-refractivity contribution in [2.24, 2.45) is 0 Å². The van der Waals surface area contributed by atoms with Crippen LogP contribution in [-0.4, -0.2) is 83.5 Å². The molecule has 0 radical (unpaired) electrons. The first-order valence-electron chi connectivity index (χ1n) is 13.0. The van der Waals surface area contributed by atoms with Crippen LogP contribution in [0.5, 0.6) is 11.5 Å². The standard InChI is InChI=1S/C29H36N4O8/c1-7-41-23-10-17-12-32(26(30)19(17)11-20(23)27(38)31-5)14-22(34)16-8-18(25(37)21(9-16)29(2,3)4)13-33(15-24(35)36)28(39)40-6/h8-11,30,37H,7,12-15H2,1-6H3,(H,31,38)(H,35,36). The van der Waals surface area contributed by atoms with E-state index in [1.807, 2.05) is 20.8 Å². The van der Waals surface area contributed by atoms with E-state index < -0.39 is 24.0 Å². The third-order valence-electron chi connectivity index (χ3n) is 6.68. The summed E-state index contributed by atoms with van der Waals surface area (Å²) in [5.74, 6) is -1.66. The van der Waals surface area contributed by atoms with Crippen molar-refractivity contribution in [3.05, 3.63) is 57.6 Å². The summed E-state index contributed by atoms with van der Waals surface area (Å²) in [4.78, 5) is 52.0. The number of phenolic OH excluding ortho intramolecular Hbond substituents is 1. The number of hydrogen-bond acceptors (Lipinski definition) is 8. The average Bonchev–Trinajstić information content (AvgIpc) is 3.20. The molecule has 220 valence electrons. The number of phenols is 1. The SMILES string of the molecule is CCOc1cc2c(cc1C(=O)NC)C(=N)N(CC(=O)c1cc(CN(CC(=O)O)C(=O)OC)c(O)c(C(C)(C)C)c1)C2. The molecule has 41 heavy (non-hydrogen) atoms. The van der Waals surface area contributed by atoms with Gasteiger partial charge in [-0.2, -0.15) is 0 Å². The van der Waals surface area contributed by atoms with Crippen molar-refractivity contribution in [3.63, 3.8) is 0 Å². The molecular formula is C29H36N4O8. The zero-order valence-electron chi connectivity index (χ0n) is 24.1. The van der Waals surface area contributed by atoms with E-state index in [4.69, 9.17) is 14.9 Å². The minimum atomic E-state index is -1.27. The number of hydrogen-bond donors (Lipinski definition) is 4. The van der Waals surface area contributed by atoms with Crippen molar-refractivity contribution in [1.82, 2.24) is 15.1 Å². The van der Waals surface area contributed by atoms with Crippen LogP contribution in [0.25, 0.3) is 0 Å². The lowest BCUT2D eigenvalue weighted by Gasteiger charge is -2.26. The summed E-state index contributed by atoms with van der Waals surface area (Å²) < 4.78 is 10.3. The number of nitrogens with one attached hydrogen (secondary N) is 2. The lowest BCUT2D eigenvalue weighted by atomic mass is 9.83. The summed E-state index contributed by atoms with van der Waals surface area (Å²) in [6.07, 6.45) is -0.897. The number of ether oxygens (including phenoxy) is 2. The highest BCUT2D eigenvalue weighted by Crippen LogP contribution is 2.36. The van der Waals surface area contributed by atoms with Gasteiger partial charge in [-0.05, 0) is 42.2 Å². The molecule has 0 saturated heterocycles. The molecule has 2 amide bonds. The fourth-order valence-corrected chi connectivity index (χ4v) is 4.65. The second kappa shape index (κ2) is 12.3. The van der Waals surface area contributed by atoms with Gasteiger partial charge in [0.2, 0.25) is 0 Å². The molecule has 0 saturated carbocycles. The van der Waals surface area contributed by atoms with Crippen LogP contribution < -0.4 is 10.1 Å². The maximum absolute atomic E-state index is 13.6. The lowest BCUT2D eigenvalue weighted by molar-refractivity contribution is -0.138. The molecule has 12 heteroatoms. The summed E-state index contributed by atoms with van der Waals surface area (Å²) >= 11 is 0. The molecule has 2 aromatic carbocycles. The third-order valence-corrected chi connectivity index (χ3v) is 6.68. The molecule has 0 atom stereocenters. The molecule has 0 aliphatic carbocycles. The Morgan fingerprint density at radius 2 is 1.83 bits per heavy atom. The fraction of sp³-hybridized carbons (Fsp3) is 0.414. The number of carbonyl (C=O) groups is 4. The number of amides is 2. The van der Waals surface area contributed by atoms with Gasteiger partial charge in [0.1, 0.15) is 23.9 Å². The van der Waals surface area contributed by atoms with E-state index in [-0.39, 0.29) is 54.0 Å². The number of rotatable bonds is 10. The number of ketones is 1. The van der Waals surface area contributed by atoms with Gasteiger partial charge in [-0.25, -0.2) is 4.79 Å². The van der Waals surface area contributed by atoms with Gasteiger partial charge < -0.3 is 29.9 Å². The summed E-state index contributed by atoms with van der Waals surface area (Å²) in [5, 5.41) is 31.6. The predicted molar refractivity (Wildman–Crippen MR) is 150 cm³/mol. The number of carboxylic acids is 1.